The van der Waals surface area contributed by atoms with Crippen LogP contribution in [-0.2, 0) is 6.54 Å². The number of thiazole rings is 1. The third kappa shape index (κ3) is 2.73. The van der Waals surface area contributed by atoms with Crippen molar-refractivity contribution in [2.45, 2.75) is 32.4 Å². The first kappa shape index (κ1) is 13.9. The van der Waals surface area contributed by atoms with Gasteiger partial charge in [0.2, 0.25) is 0 Å². The van der Waals surface area contributed by atoms with Crippen LogP contribution in [0.15, 0.2) is 28.6 Å². The fourth-order valence-corrected chi connectivity index (χ4v) is 3.41. The fourth-order valence-electron chi connectivity index (χ4n) is 2.65. The van der Waals surface area contributed by atoms with Crippen LogP contribution >= 0.6 is 11.3 Å². The Balaban J connectivity index is 1.80. The maximum atomic E-state index is 12.6. The smallest absolute Gasteiger partial charge is 0.266 e. The van der Waals surface area contributed by atoms with E-state index in [-0.39, 0.29) is 17.5 Å². The SMILES string of the molecule is Cc1ncsc1C(=O)N1CCCC1Cn1ncccc1=O. The Morgan fingerprint density at radius 2 is 2.38 bits per heavy atom. The van der Waals surface area contributed by atoms with E-state index >= 15 is 0 Å². The molecular weight excluding hydrogens is 288 g/mol. The van der Waals surface area contributed by atoms with Gasteiger partial charge in [-0.15, -0.1) is 11.3 Å². The lowest BCUT2D eigenvalue weighted by Gasteiger charge is -2.24. The van der Waals surface area contributed by atoms with Crippen LogP contribution in [0.1, 0.15) is 28.2 Å². The van der Waals surface area contributed by atoms with Crippen LogP contribution in [0.2, 0.25) is 0 Å². The van der Waals surface area contributed by atoms with E-state index < -0.39 is 0 Å². The van der Waals surface area contributed by atoms with E-state index in [1.807, 2.05) is 11.8 Å². The Bertz CT molecular complexity index is 709. The van der Waals surface area contributed by atoms with Crippen LogP contribution in [-0.4, -0.2) is 38.2 Å². The topological polar surface area (TPSA) is 68.1 Å². The summed E-state index contributed by atoms with van der Waals surface area (Å²) in [4.78, 5) is 31.0. The second-order valence-electron chi connectivity index (χ2n) is 5.11. The molecule has 6 nitrogen and oxygen atoms in total. The summed E-state index contributed by atoms with van der Waals surface area (Å²) in [6.45, 7) is 3.02. The molecule has 0 N–H and O–H groups in total. The van der Waals surface area contributed by atoms with Gasteiger partial charge in [-0.25, -0.2) is 9.67 Å². The molecule has 1 unspecified atom stereocenters. The zero-order valence-electron chi connectivity index (χ0n) is 11.7. The van der Waals surface area contributed by atoms with E-state index in [4.69, 9.17) is 0 Å². The second kappa shape index (κ2) is 5.77. The molecule has 1 amide bonds. The molecule has 0 saturated carbocycles. The zero-order valence-corrected chi connectivity index (χ0v) is 12.5. The number of carbonyl (C=O) groups excluding carboxylic acids is 1. The van der Waals surface area contributed by atoms with E-state index in [0.717, 1.165) is 25.1 Å². The number of hydrogen-bond acceptors (Lipinski definition) is 5. The van der Waals surface area contributed by atoms with Crippen LogP contribution in [0.4, 0.5) is 0 Å². The van der Waals surface area contributed by atoms with Crippen molar-refractivity contribution in [1.29, 1.82) is 0 Å². The fraction of sp³-hybridized carbons (Fsp3) is 0.429. The maximum absolute atomic E-state index is 12.6. The molecule has 0 spiro atoms. The number of aryl methyl sites for hydroxylation is 1. The largest absolute Gasteiger partial charge is 0.333 e. The molecule has 21 heavy (non-hydrogen) atoms. The maximum Gasteiger partial charge on any atom is 0.266 e. The van der Waals surface area contributed by atoms with E-state index in [2.05, 4.69) is 10.1 Å². The van der Waals surface area contributed by atoms with Gasteiger partial charge in [0.05, 0.1) is 23.8 Å². The highest BCUT2D eigenvalue weighted by molar-refractivity contribution is 7.11. The van der Waals surface area contributed by atoms with Crippen molar-refractivity contribution in [2.24, 2.45) is 0 Å². The Morgan fingerprint density at radius 3 is 3.10 bits per heavy atom. The Hall–Kier alpha value is -2.02. The van der Waals surface area contributed by atoms with Crippen LogP contribution in [0.3, 0.4) is 0 Å². The number of likely N-dealkylation sites (tertiary alicyclic amines) is 1. The number of rotatable bonds is 3. The van der Waals surface area contributed by atoms with E-state index in [0.29, 0.717) is 11.4 Å². The lowest BCUT2D eigenvalue weighted by Crippen LogP contribution is -2.40. The summed E-state index contributed by atoms with van der Waals surface area (Å²) in [5.41, 5.74) is 2.33. The molecular formula is C14H16N4O2S. The molecule has 0 aromatic carbocycles. The van der Waals surface area contributed by atoms with Gasteiger partial charge in [0, 0.05) is 18.8 Å². The molecule has 1 saturated heterocycles. The van der Waals surface area contributed by atoms with Gasteiger partial charge in [-0.3, -0.25) is 9.59 Å². The summed E-state index contributed by atoms with van der Waals surface area (Å²) in [6.07, 6.45) is 3.44. The number of hydrogen-bond donors (Lipinski definition) is 0. The molecule has 2 aromatic rings. The molecule has 7 heteroatoms. The van der Waals surface area contributed by atoms with Gasteiger partial charge in [-0.1, -0.05) is 0 Å². The van der Waals surface area contributed by atoms with Crippen molar-refractivity contribution < 1.29 is 4.79 Å². The minimum atomic E-state index is -0.134. The summed E-state index contributed by atoms with van der Waals surface area (Å²) in [7, 11) is 0. The van der Waals surface area contributed by atoms with E-state index in [9.17, 15) is 9.59 Å². The predicted molar refractivity (Wildman–Crippen MR) is 79.4 cm³/mol. The molecule has 2 aromatic heterocycles. The average molecular weight is 304 g/mol. The highest BCUT2D eigenvalue weighted by Crippen LogP contribution is 2.23. The van der Waals surface area contributed by atoms with Crippen molar-refractivity contribution in [3.8, 4) is 0 Å². The molecule has 1 atom stereocenters. The van der Waals surface area contributed by atoms with Gasteiger partial charge in [-0.05, 0) is 25.8 Å². The number of nitrogens with zero attached hydrogens (tertiary/aromatic N) is 4. The van der Waals surface area contributed by atoms with Crippen LogP contribution in [0.5, 0.6) is 0 Å². The van der Waals surface area contributed by atoms with Gasteiger partial charge >= 0.3 is 0 Å². The van der Waals surface area contributed by atoms with Crippen LogP contribution < -0.4 is 5.56 Å². The highest BCUT2D eigenvalue weighted by Gasteiger charge is 2.31. The summed E-state index contributed by atoms with van der Waals surface area (Å²) in [5, 5.41) is 4.07. The lowest BCUT2D eigenvalue weighted by molar-refractivity contribution is 0.0724. The molecule has 3 heterocycles. The van der Waals surface area contributed by atoms with Gasteiger partial charge < -0.3 is 4.90 Å². The first-order valence-electron chi connectivity index (χ1n) is 6.90. The predicted octanol–water partition coefficient (Wildman–Crippen LogP) is 1.31. The van der Waals surface area contributed by atoms with Crippen LogP contribution in [0.25, 0.3) is 0 Å². The normalized spacial score (nSPS) is 18.1. The third-order valence-electron chi connectivity index (χ3n) is 3.75. The summed E-state index contributed by atoms with van der Waals surface area (Å²) < 4.78 is 1.43. The first-order valence-corrected chi connectivity index (χ1v) is 7.78. The van der Waals surface area contributed by atoms with E-state index in [1.54, 1.807) is 17.8 Å². The van der Waals surface area contributed by atoms with E-state index in [1.165, 1.54) is 22.1 Å². The lowest BCUT2D eigenvalue weighted by atomic mass is 10.2. The molecule has 1 fully saturated rings. The number of aromatic nitrogens is 3. The third-order valence-corrected chi connectivity index (χ3v) is 4.66. The minimum Gasteiger partial charge on any atom is -0.333 e. The summed E-state index contributed by atoms with van der Waals surface area (Å²) in [5.74, 6) is 0.0153. The molecule has 0 aliphatic carbocycles. The Labute approximate surface area is 126 Å². The monoisotopic (exact) mass is 304 g/mol. The molecule has 3 rings (SSSR count). The molecule has 1 aliphatic rings. The van der Waals surface area contributed by atoms with Crippen molar-refractivity contribution in [2.75, 3.05) is 6.54 Å². The van der Waals surface area contributed by atoms with Crippen molar-refractivity contribution in [3.63, 3.8) is 0 Å². The molecule has 1 aliphatic heterocycles. The molecule has 0 radical (unpaired) electrons. The summed E-state index contributed by atoms with van der Waals surface area (Å²) in [6, 6.07) is 3.13. The summed E-state index contributed by atoms with van der Waals surface area (Å²) >= 11 is 1.37. The van der Waals surface area contributed by atoms with Gasteiger partial charge in [0.1, 0.15) is 4.88 Å². The standard InChI is InChI=1S/C14H16N4O2S/c1-10-13(21-9-15-10)14(20)17-7-3-4-11(17)8-18-12(19)5-2-6-16-18/h2,5-6,9,11H,3-4,7-8H2,1H3. The van der Waals surface area contributed by atoms with Crippen molar-refractivity contribution in [1.82, 2.24) is 19.7 Å². The van der Waals surface area contributed by atoms with Gasteiger partial charge in [0.15, 0.2) is 0 Å². The first-order chi connectivity index (χ1) is 10.2. The minimum absolute atomic E-state index is 0.0153. The zero-order chi connectivity index (χ0) is 14.8. The Kier molecular flexibility index (Phi) is 3.83. The molecule has 110 valence electrons. The molecule has 0 bridgehead atoms. The number of amides is 1. The van der Waals surface area contributed by atoms with Crippen molar-refractivity contribution in [3.05, 3.63) is 44.8 Å². The second-order valence-corrected chi connectivity index (χ2v) is 5.96. The highest BCUT2D eigenvalue weighted by atomic mass is 32.1. The number of carbonyl (C=O) groups is 1. The van der Waals surface area contributed by atoms with Crippen LogP contribution in [0, 0.1) is 6.92 Å². The quantitative estimate of drug-likeness (QED) is 0.857. The Morgan fingerprint density at radius 1 is 1.52 bits per heavy atom. The van der Waals surface area contributed by atoms with Gasteiger partial charge in [-0.2, -0.15) is 5.10 Å². The van der Waals surface area contributed by atoms with Crippen molar-refractivity contribution >= 4 is 17.2 Å². The van der Waals surface area contributed by atoms with Gasteiger partial charge in [0.25, 0.3) is 11.5 Å². The average Bonchev–Trinajstić information content (AvgIpc) is 3.10.